The normalized spacial score (nSPS) is 10.7. The van der Waals surface area contributed by atoms with Gasteiger partial charge in [-0.1, -0.05) is 53.4 Å². The summed E-state index contributed by atoms with van der Waals surface area (Å²) >= 11 is 4.55. The van der Waals surface area contributed by atoms with Crippen molar-refractivity contribution < 1.29 is 4.79 Å². The van der Waals surface area contributed by atoms with Gasteiger partial charge in [-0.25, -0.2) is 4.98 Å². The summed E-state index contributed by atoms with van der Waals surface area (Å²) in [7, 11) is 0. The molecule has 152 valence electrons. The Bertz CT molecular complexity index is 1140. The molecule has 0 aliphatic rings. The minimum atomic E-state index is -0.0641. The number of thioether (sulfide) groups is 1. The lowest BCUT2D eigenvalue weighted by Crippen LogP contribution is -2.22. The summed E-state index contributed by atoms with van der Waals surface area (Å²) in [5.74, 6) is 0.599. The maximum Gasteiger partial charge on any atom is 0.230 e. The van der Waals surface area contributed by atoms with Gasteiger partial charge in [0.05, 0.1) is 11.4 Å². The summed E-state index contributed by atoms with van der Waals surface area (Å²) in [6.07, 6.45) is 0. The van der Waals surface area contributed by atoms with Crippen LogP contribution >= 0.6 is 34.4 Å². The highest BCUT2D eigenvalue weighted by Crippen LogP contribution is 2.33. The molecule has 0 fully saturated rings. The van der Waals surface area contributed by atoms with E-state index < -0.39 is 0 Å². The molecule has 0 unspecified atom stereocenters. The number of hydrogen-bond donors (Lipinski definition) is 1. The molecule has 2 aromatic heterocycles. The average Bonchev–Trinajstić information content (AvgIpc) is 3.37. The lowest BCUT2D eigenvalue weighted by molar-refractivity contribution is -0.115. The zero-order valence-electron chi connectivity index (χ0n) is 16.4. The minimum Gasteiger partial charge on any atom is -0.330 e. The highest BCUT2D eigenvalue weighted by molar-refractivity contribution is 8.00. The Labute approximate surface area is 187 Å². The number of nitrogens with zero attached hydrogens (tertiary/aromatic N) is 4. The van der Waals surface area contributed by atoms with Crippen LogP contribution in [0.25, 0.3) is 0 Å². The number of aryl methyl sites for hydroxylation is 1. The van der Waals surface area contributed by atoms with E-state index in [0.717, 1.165) is 26.5 Å². The second-order valence-corrected chi connectivity index (χ2v) is 9.50. The van der Waals surface area contributed by atoms with Gasteiger partial charge < -0.3 is 5.32 Å². The first kappa shape index (κ1) is 20.5. The summed E-state index contributed by atoms with van der Waals surface area (Å²) in [6.45, 7) is 3.60. The first-order chi connectivity index (χ1) is 14.6. The number of anilines is 4. The van der Waals surface area contributed by atoms with Crippen LogP contribution in [-0.2, 0) is 10.5 Å². The van der Waals surface area contributed by atoms with E-state index in [1.54, 1.807) is 23.6 Å². The number of aromatic nitrogens is 3. The molecular formula is C21H19N5OS3. The van der Waals surface area contributed by atoms with Gasteiger partial charge in [-0.05, 0) is 36.8 Å². The fourth-order valence-corrected chi connectivity index (χ4v) is 5.43. The second kappa shape index (κ2) is 9.38. The van der Waals surface area contributed by atoms with Crippen molar-refractivity contribution >= 4 is 62.0 Å². The topological polar surface area (TPSA) is 71.0 Å². The molecule has 1 amide bonds. The molecule has 4 aromatic rings. The van der Waals surface area contributed by atoms with E-state index in [1.807, 2.05) is 47.8 Å². The third-order valence-electron chi connectivity index (χ3n) is 4.08. The fourth-order valence-electron chi connectivity index (χ4n) is 2.77. The molecule has 30 heavy (non-hydrogen) atoms. The highest BCUT2D eigenvalue weighted by atomic mass is 32.2. The zero-order valence-corrected chi connectivity index (χ0v) is 18.9. The molecule has 1 N–H and O–H groups in total. The molecule has 0 aliphatic heterocycles. The Balaban J connectivity index is 1.40. The Hall–Kier alpha value is -2.75. The number of thiazole rings is 1. The van der Waals surface area contributed by atoms with Crippen LogP contribution in [0.3, 0.4) is 0 Å². The molecule has 0 bridgehead atoms. The Morgan fingerprint density at radius 1 is 1.13 bits per heavy atom. The maximum atomic E-state index is 12.2. The van der Waals surface area contributed by atoms with Gasteiger partial charge in [0, 0.05) is 23.7 Å². The predicted molar refractivity (Wildman–Crippen MR) is 125 cm³/mol. The van der Waals surface area contributed by atoms with Gasteiger partial charge in [0.25, 0.3) is 0 Å². The van der Waals surface area contributed by atoms with Crippen molar-refractivity contribution in [1.29, 1.82) is 0 Å². The Morgan fingerprint density at radius 2 is 1.97 bits per heavy atom. The van der Waals surface area contributed by atoms with E-state index in [0.29, 0.717) is 10.9 Å². The third kappa shape index (κ3) is 5.05. The molecule has 0 radical (unpaired) electrons. The van der Waals surface area contributed by atoms with Crippen molar-refractivity contribution in [1.82, 2.24) is 15.2 Å². The highest BCUT2D eigenvalue weighted by Gasteiger charge is 2.18. The molecule has 2 heterocycles. The Kier molecular flexibility index (Phi) is 6.41. The number of benzene rings is 2. The first-order valence-electron chi connectivity index (χ1n) is 9.18. The summed E-state index contributed by atoms with van der Waals surface area (Å²) in [6, 6.07) is 17.7. The number of nitrogens with one attached hydrogen (secondary N) is 1. The number of carbonyl (C=O) groups excluding carboxylic acids is 1. The summed E-state index contributed by atoms with van der Waals surface area (Å²) < 4.78 is 0.867. The van der Waals surface area contributed by atoms with Crippen LogP contribution in [0.5, 0.6) is 0 Å². The van der Waals surface area contributed by atoms with Crippen LogP contribution in [0.1, 0.15) is 18.2 Å². The van der Waals surface area contributed by atoms with Crippen molar-refractivity contribution in [3.8, 4) is 0 Å². The van der Waals surface area contributed by atoms with E-state index >= 15 is 0 Å². The van der Waals surface area contributed by atoms with Crippen molar-refractivity contribution in [3.05, 3.63) is 71.2 Å². The zero-order chi connectivity index (χ0) is 20.9. The predicted octanol–water partition coefficient (Wildman–Crippen LogP) is 6.02. The lowest BCUT2D eigenvalue weighted by Gasteiger charge is -2.17. The number of rotatable bonds is 7. The van der Waals surface area contributed by atoms with Crippen LogP contribution < -0.4 is 10.2 Å². The molecule has 0 aliphatic carbocycles. The minimum absolute atomic E-state index is 0.0641. The van der Waals surface area contributed by atoms with Crippen LogP contribution in [-0.4, -0.2) is 21.1 Å². The van der Waals surface area contributed by atoms with Crippen LogP contribution in [0, 0.1) is 6.92 Å². The number of amides is 1. The van der Waals surface area contributed by atoms with Crippen molar-refractivity contribution in [2.45, 2.75) is 23.9 Å². The van der Waals surface area contributed by atoms with E-state index in [2.05, 4.69) is 39.6 Å². The summed E-state index contributed by atoms with van der Waals surface area (Å²) in [4.78, 5) is 18.5. The molecular weight excluding hydrogens is 434 g/mol. The van der Waals surface area contributed by atoms with Crippen molar-refractivity contribution in [2.75, 3.05) is 10.2 Å². The number of carbonyl (C=O) groups is 1. The lowest BCUT2D eigenvalue weighted by atomic mass is 10.2. The smallest absolute Gasteiger partial charge is 0.230 e. The van der Waals surface area contributed by atoms with Gasteiger partial charge in [0.2, 0.25) is 11.0 Å². The van der Waals surface area contributed by atoms with Gasteiger partial charge in [-0.15, -0.1) is 21.5 Å². The maximum absolute atomic E-state index is 12.2. The fraction of sp³-hybridized carbons (Fsp3) is 0.143. The summed E-state index contributed by atoms with van der Waals surface area (Å²) in [5, 5.41) is 15.2. The molecule has 6 nitrogen and oxygen atoms in total. The average molecular weight is 454 g/mol. The standard InChI is InChI=1S/C21H19N5OS3/c1-14-7-6-8-16(11-14)22-19-24-25-21(30-19)29-13-17-12-28-20(23-17)26(15(2)27)18-9-4-3-5-10-18/h3-12H,13H2,1-2H3,(H,22,24). The quantitative estimate of drug-likeness (QED) is 0.345. The number of para-hydroxylation sites is 1. The molecule has 9 heteroatoms. The van der Waals surface area contributed by atoms with Crippen molar-refractivity contribution in [3.63, 3.8) is 0 Å². The van der Waals surface area contributed by atoms with Crippen LogP contribution in [0.4, 0.5) is 21.6 Å². The largest absolute Gasteiger partial charge is 0.330 e. The van der Waals surface area contributed by atoms with Gasteiger partial charge in [-0.2, -0.15) is 0 Å². The van der Waals surface area contributed by atoms with Gasteiger partial charge in [0.1, 0.15) is 0 Å². The molecule has 0 atom stereocenters. The molecule has 4 rings (SSSR count). The third-order valence-corrected chi connectivity index (χ3v) is 6.96. The number of hydrogen-bond acceptors (Lipinski definition) is 8. The van der Waals surface area contributed by atoms with Gasteiger partial charge in [-0.3, -0.25) is 9.69 Å². The molecule has 0 saturated carbocycles. The van der Waals surface area contributed by atoms with E-state index in [-0.39, 0.29) is 5.91 Å². The SMILES string of the molecule is CC(=O)N(c1ccccc1)c1nc(CSc2nnc(Nc3cccc(C)c3)s2)cs1. The monoisotopic (exact) mass is 453 g/mol. The van der Waals surface area contributed by atoms with E-state index in [1.165, 1.54) is 28.2 Å². The first-order valence-corrected chi connectivity index (χ1v) is 11.9. The van der Waals surface area contributed by atoms with E-state index in [4.69, 9.17) is 0 Å². The summed E-state index contributed by atoms with van der Waals surface area (Å²) in [5.41, 5.74) is 3.91. The van der Waals surface area contributed by atoms with Gasteiger partial charge >= 0.3 is 0 Å². The second-order valence-electron chi connectivity index (χ2n) is 6.47. The molecule has 0 spiro atoms. The molecule has 0 saturated heterocycles. The Morgan fingerprint density at radius 3 is 2.73 bits per heavy atom. The van der Waals surface area contributed by atoms with Crippen LogP contribution in [0.2, 0.25) is 0 Å². The molecule has 2 aromatic carbocycles. The van der Waals surface area contributed by atoms with Gasteiger partial charge in [0.15, 0.2) is 9.47 Å². The van der Waals surface area contributed by atoms with Crippen LogP contribution in [0.15, 0.2) is 64.3 Å². The van der Waals surface area contributed by atoms with Crippen molar-refractivity contribution in [2.24, 2.45) is 0 Å². The van der Waals surface area contributed by atoms with E-state index in [9.17, 15) is 4.79 Å².